The van der Waals surface area contributed by atoms with E-state index < -0.39 is 0 Å². The molecule has 1 heterocycles. The van der Waals surface area contributed by atoms with Gasteiger partial charge in [-0.1, -0.05) is 36.4 Å². The Balaban J connectivity index is 1.86. The Kier molecular flexibility index (Phi) is 3.13. The Morgan fingerprint density at radius 3 is 2.55 bits per heavy atom. The molecular weight excluding hydrogens is 254 g/mol. The summed E-state index contributed by atoms with van der Waals surface area (Å²) < 4.78 is 10.5. The molecule has 0 aliphatic carbocycles. The van der Waals surface area contributed by atoms with E-state index in [1.54, 1.807) is 18.2 Å². The minimum absolute atomic E-state index is 0.159. The molecule has 0 aromatic heterocycles. The van der Waals surface area contributed by atoms with Crippen molar-refractivity contribution in [3.63, 3.8) is 0 Å². The van der Waals surface area contributed by atoms with Crippen LogP contribution in [0.25, 0.3) is 6.08 Å². The number of hydrogen-bond acceptors (Lipinski definition) is 4. The summed E-state index contributed by atoms with van der Waals surface area (Å²) in [5.74, 6) is 0.964. The van der Waals surface area contributed by atoms with Gasteiger partial charge in [0.25, 0.3) is 0 Å². The van der Waals surface area contributed by atoms with Gasteiger partial charge in [0, 0.05) is 17.3 Å². The Labute approximate surface area is 116 Å². The second kappa shape index (κ2) is 5.09. The zero-order valence-electron chi connectivity index (χ0n) is 10.7. The number of hydrogen-bond donors (Lipinski definition) is 1. The van der Waals surface area contributed by atoms with Gasteiger partial charge in [0.05, 0.1) is 0 Å². The Morgan fingerprint density at radius 1 is 1.10 bits per heavy atom. The van der Waals surface area contributed by atoms with Crippen molar-refractivity contribution in [3.8, 4) is 11.5 Å². The van der Waals surface area contributed by atoms with E-state index in [0.29, 0.717) is 22.7 Å². The summed E-state index contributed by atoms with van der Waals surface area (Å²) in [5, 5.41) is 0. The maximum absolute atomic E-state index is 12.2. The van der Waals surface area contributed by atoms with Crippen LogP contribution >= 0.6 is 0 Å². The molecule has 2 aromatic carbocycles. The molecule has 3 rings (SSSR count). The topological polar surface area (TPSA) is 61.6 Å². The molecule has 4 heteroatoms. The average Bonchev–Trinajstić information content (AvgIpc) is 2.92. The molecule has 2 N–H and O–H groups in total. The fraction of sp³-hybridized carbons (Fsp3) is 0.0625. The van der Waals surface area contributed by atoms with E-state index in [-0.39, 0.29) is 12.6 Å². The fourth-order valence-corrected chi connectivity index (χ4v) is 2.00. The third kappa shape index (κ3) is 2.36. The van der Waals surface area contributed by atoms with Crippen molar-refractivity contribution >= 4 is 17.5 Å². The third-order valence-electron chi connectivity index (χ3n) is 3.04. The minimum Gasteiger partial charge on any atom is -0.454 e. The van der Waals surface area contributed by atoms with Crippen molar-refractivity contribution < 1.29 is 14.3 Å². The van der Waals surface area contributed by atoms with Crippen LogP contribution in [0.2, 0.25) is 0 Å². The maximum Gasteiger partial charge on any atom is 0.231 e. The van der Waals surface area contributed by atoms with E-state index in [1.807, 2.05) is 30.3 Å². The SMILES string of the molecule is Nc1cc2c(cc1C(=O)/C=C/c1ccccc1)OCO2. The van der Waals surface area contributed by atoms with E-state index in [1.165, 1.54) is 6.08 Å². The summed E-state index contributed by atoms with van der Waals surface area (Å²) in [4.78, 5) is 12.2. The van der Waals surface area contributed by atoms with Gasteiger partial charge >= 0.3 is 0 Å². The van der Waals surface area contributed by atoms with Crippen LogP contribution in [0.4, 0.5) is 5.69 Å². The number of ketones is 1. The molecule has 20 heavy (non-hydrogen) atoms. The summed E-state index contributed by atoms with van der Waals surface area (Å²) >= 11 is 0. The van der Waals surface area contributed by atoms with Gasteiger partial charge in [-0.2, -0.15) is 0 Å². The van der Waals surface area contributed by atoms with Gasteiger partial charge in [-0.05, 0) is 17.7 Å². The highest BCUT2D eigenvalue weighted by Crippen LogP contribution is 2.36. The average molecular weight is 267 g/mol. The van der Waals surface area contributed by atoms with Crippen LogP contribution in [0.15, 0.2) is 48.5 Å². The van der Waals surface area contributed by atoms with Gasteiger partial charge in [-0.25, -0.2) is 0 Å². The van der Waals surface area contributed by atoms with Gasteiger partial charge in [0.2, 0.25) is 6.79 Å². The molecule has 0 radical (unpaired) electrons. The van der Waals surface area contributed by atoms with Gasteiger partial charge in [0.15, 0.2) is 17.3 Å². The molecule has 0 bridgehead atoms. The molecule has 0 unspecified atom stereocenters. The maximum atomic E-state index is 12.2. The highest BCUT2D eigenvalue weighted by Gasteiger charge is 2.18. The van der Waals surface area contributed by atoms with Crippen molar-refractivity contribution in [1.82, 2.24) is 0 Å². The van der Waals surface area contributed by atoms with E-state index in [4.69, 9.17) is 15.2 Å². The van der Waals surface area contributed by atoms with Crippen LogP contribution in [0.3, 0.4) is 0 Å². The van der Waals surface area contributed by atoms with Crippen LogP contribution in [0, 0.1) is 0 Å². The van der Waals surface area contributed by atoms with Crippen LogP contribution in [-0.4, -0.2) is 12.6 Å². The molecule has 0 amide bonds. The smallest absolute Gasteiger partial charge is 0.231 e. The normalized spacial score (nSPS) is 12.8. The lowest BCUT2D eigenvalue weighted by Gasteiger charge is -2.04. The molecule has 0 saturated carbocycles. The first-order valence-corrected chi connectivity index (χ1v) is 6.20. The van der Waals surface area contributed by atoms with Crippen molar-refractivity contribution in [1.29, 1.82) is 0 Å². The first kappa shape index (κ1) is 12.3. The fourth-order valence-electron chi connectivity index (χ4n) is 2.00. The summed E-state index contributed by atoms with van der Waals surface area (Å²) in [6.07, 6.45) is 3.26. The molecule has 0 atom stereocenters. The third-order valence-corrected chi connectivity index (χ3v) is 3.04. The first-order valence-electron chi connectivity index (χ1n) is 6.20. The molecule has 0 saturated heterocycles. The van der Waals surface area contributed by atoms with Crippen LogP contribution in [0.1, 0.15) is 15.9 Å². The number of nitrogen functional groups attached to an aromatic ring is 1. The quantitative estimate of drug-likeness (QED) is 0.527. The second-order valence-electron chi connectivity index (χ2n) is 4.40. The van der Waals surface area contributed by atoms with Gasteiger partial charge in [0.1, 0.15) is 0 Å². The summed E-state index contributed by atoms with van der Waals surface area (Å²) in [5.41, 5.74) is 7.64. The van der Waals surface area contributed by atoms with Crippen molar-refractivity contribution in [2.45, 2.75) is 0 Å². The van der Waals surface area contributed by atoms with Gasteiger partial charge < -0.3 is 15.2 Å². The number of carbonyl (C=O) groups excluding carboxylic acids is 1. The Bertz CT molecular complexity index is 678. The number of anilines is 1. The zero-order chi connectivity index (χ0) is 13.9. The van der Waals surface area contributed by atoms with E-state index >= 15 is 0 Å². The zero-order valence-corrected chi connectivity index (χ0v) is 10.7. The lowest BCUT2D eigenvalue weighted by Crippen LogP contribution is -2.00. The van der Waals surface area contributed by atoms with Crippen molar-refractivity contribution in [2.75, 3.05) is 12.5 Å². The standard InChI is InChI=1S/C16H13NO3/c17-13-9-16-15(19-10-20-16)8-12(13)14(18)7-6-11-4-2-1-3-5-11/h1-9H,10,17H2/b7-6+. The summed E-state index contributed by atoms with van der Waals surface area (Å²) in [6, 6.07) is 12.8. The number of benzene rings is 2. The number of nitrogens with two attached hydrogens (primary N) is 1. The second-order valence-corrected chi connectivity index (χ2v) is 4.40. The molecule has 0 spiro atoms. The van der Waals surface area contributed by atoms with Crippen LogP contribution < -0.4 is 15.2 Å². The number of allylic oxidation sites excluding steroid dienone is 1. The molecule has 1 aliphatic rings. The molecular formula is C16H13NO3. The Hall–Kier alpha value is -2.75. The van der Waals surface area contributed by atoms with E-state index in [2.05, 4.69) is 0 Å². The first-order chi connectivity index (χ1) is 9.74. The lowest BCUT2D eigenvalue weighted by molar-refractivity contribution is 0.104. The Morgan fingerprint density at radius 2 is 1.80 bits per heavy atom. The highest BCUT2D eigenvalue weighted by atomic mass is 16.7. The monoisotopic (exact) mass is 267 g/mol. The lowest BCUT2D eigenvalue weighted by atomic mass is 10.1. The number of fused-ring (bicyclic) bond motifs is 1. The van der Waals surface area contributed by atoms with Crippen molar-refractivity contribution in [2.24, 2.45) is 0 Å². The van der Waals surface area contributed by atoms with Gasteiger partial charge in [-0.3, -0.25) is 4.79 Å². The van der Waals surface area contributed by atoms with E-state index in [9.17, 15) is 4.79 Å². The van der Waals surface area contributed by atoms with Gasteiger partial charge in [-0.15, -0.1) is 0 Å². The highest BCUT2D eigenvalue weighted by molar-refractivity contribution is 6.10. The molecule has 1 aliphatic heterocycles. The van der Waals surface area contributed by atoms with Crippen LogP contribution in [-0.2, 0) is 0 Å². The molecule has 2 aromatic rings. The predicted molar refractivity (Wildman–Crippen MR) is 76.8 cm³/mol. The van der Waals surface area contributed by atoms with Crippen LogP contribution in [0.5, 0.6) is 11.5 Å². The number of carbonyl (C=O) groups is 1. The summed E-state index contributed by atoms with van der Waals surface area (Å²) in [7, 11) is 0. The molecule has 100 valence electrons. The summed E-state index contributed by atoms with van der Waals surface area (Å²) in [6.45, 7) is 0.159. The largest absolute Gasteiger partial charge is 0.454 e. The molecule has 0 fully saturated rings. The molecule has 4 nitrogen and oxygen atoms in total. The van der Waals surface area contributed by atoms with Crippen molar-refractivity contribution in [3.05, 3.63) is 59.7 Å². The minimum atomic E-state index is -0.162. The number of rotatable bonds is 3. The number of ether oxygens (including phenoxy) is 2. The van der Waals surface area contributed by atoms with E-state index in [0.717, 1.165) is 5.56 Å². The predicted octanol–water partition coefficient (Wildman–Crippen LogP) is 2.89.